The molecule has 0 bridgehead atoms. The van der Waals surface area contributed by atoms with Gasteiger partial charge in [-0.15, -0.1) is 0 Å². The molecule has 0 N–H and O–H groups in total. The van der Waals surface area contributed by atoms with Crippen LogP contribution in [0, 0.1) is 12.8 Å². The molecule has 1 aromatic heterocycles. The van der Waals surface area contributed by atoms with E-state index in [1.807, 2.05) is 31.2 Å². The normalized spacial score (nSPS) is 17.3. The summed E-state index contributed by atoms with van der Waals surface area (Å²) in [7, 11) is 0. The molecule has 2 aliphatic rings. The standard InChI is InChI=1S/C22H23N3O4/c1-15-2-4-16(5-3-15)20(26)17-8-10-24(11-9-17)21(27)18-6-7-19(23-14-18)25-12-13-29-22(25)28/h2-7,14,17H,8-13H2,1H3. The topological polar surface area (TPSA) is 79.8 Å². The molecule has 2 aromatic rings. The van der Waals surface area contributed by atoms with Crippen LogP contribution in [0.15, 0.2) is 42.6 Å². The maximum atomic E-state index is 12.8. The van der Waals surface area contributed by atoms with Gasteiger partial charge in [0, 0.05) is 30.8 Å². The van der Waals surface area contributed by atoms with Crippen molar-refractivity contribution in [1.29, 1.82) is 0 Å². The second-order valence-corrected chi connectivity index (χ2v) is 7.47. The van der Waals surface area contributed by atoms with Crippen molar-refractivity contribution in [2.75, 3.05) is 31.1 Å². The molecule has 4 rings (SSSR count). The Labute approximate surface area is 169 Å². The monoisotopic (exact) mass is 393 g/mol. The zero-order chi connectivity index (χ0) is 20.4. The van der Waals surface area contributed by atoms with Crippen LogP contribution in [0.3, 0.4) is 0 Å². The van der Waals surface area contributed by atoms with E-state index >= 15 is 0 Å². The number of anilines is 1. The third-order valence-electron chi connectivity index (χ3n) is 5.52. The Balaban J connectivity index is 1.35. The van der Waals surface area contributed by atoms with E-state index in [0.717, 1.165) is 11.1 Å². The molecule has 2 saturated heterocycles. The minimum atomic E-state index is -0.420. The third kappa shape index (κ3) is 3.99. The number of amides is 2. The molecule has 3 heterocycles. The van der Waals surface area contributed by atoms with Crippen molar-refractivity contribution in [2.24, 2.45) is 5.92 Å². The van der Waals surface area contributed by atoms with Crippen LogP contribution in [0.2, 0.25) is 0 Å². The fourth-order valence-electron chi connectivity index (χ4n) is 3.75. The lowest BCUT2D eigenvalue weighted by molar-refractivity contribution is 0.0650. The van der Waals surface area contributed by atoms with Crippen LogP contribution in [0.4, 0.5) is 10.6 Å². The molecule has 0 saturated carbocycles. The van der Waals surface area contributed by atoms with Crippen LogP contribution in [-0.2, 0) is 4.74 Å². The molecule has 7 nitrogen and oxygen atoms in total. The summed E-state index contributed by atoms with van der Waals surface area (Å²) in [6, 6.07) is 11.0. The predicted molar refractivity (Wildman–Crippen MR) is 107 cm³/mol. The first-order chi connectivity index (χ1) is 14.0. The van der Waals surface area contributed by atoms with Crippen LogP contribution in [0.25, 0.3) is 0 Å². The highest BCUT2D eigenvalue weighted by Crippen LogP contribution is 2.24. The molecule has 2 fully saturated rings. The molecular formula is C22H23N3O4. The molecule has 150 valence electrons. The number of hydrogen-bond donors (Lipinski definition) is 0. The van der Waals surface area contributed by atoms with Crippen molar-refractivity contribution in [3.63, 3.8) is 0 Å². The van der Waals surface area contributed by atoms with Gasteiger partial charge in [0.15, 0.2) is 5.78 Å². The number of Topliss-reactive ketones (excluding diaryl/α,β-unsaturated/α-hetero) is 1. The number of ether oxygens (including phenoxy) is 1. The lowest BCUT2D eigenvalue weighted by Crippen LogP contribution is -2.40. The fourth-order valence-corrected chi connectivity index (χ4v) is 3.75. The number of carbonyl (C=O) groups excluding carboxylic acids is 3. The second kappa shape index (κ2) is 8.03. The first kappa shape index (κ1) is 19.1. The molecule has 2 amide bonds. The second-order valence-electron chi connectivity index (χ2n) is 7.47. The Hall–Kier alpha value is -3.22. The van der Waals surface area contributed by atoms with Gasteiger partial charge in [-0.2, -0.15) is 0 Å². The van der Waals surface area contributed by atoms with Crippen LogP contribution >= 0.6 is 0 Å². The van der Waals surface area contributed by atoms with Crippen molar-refractivity contribution in [1.82, 2.24) is 9.88 Å². The Morgan fingerprint density at radius 1 is 1.00 bits per heavy atom. The summed E-state index contributed by atoms with van der Waals surface area (Å²) in [6.07, 6.45) is 2.39. The first-order valence-electron chi connectivity index (χ1n) is 9.83. The predicted octanol–water partition coefficient (Wildman–Crippen LogP) is 3.08. The first-order valence-corrected chi connectivity index (χ1v) is 9.83. The van der Waals surface area contributed by atoms with Crippen LogP contribution in [-0.4, -0.2) is 53.9 Å². The van der Waals surface area contributed by atoms with Gasteiger partial charge < -0.3 is 9.64 Å². The number of aromatic nitrogens is 1. The maximum Gasteiger partial charge on any atom is 0.415 e. The Bertz CT molecular complexity index is 916. The summed E-state index contributed by atoms with van der Waals surface area (Å²) in [5, 5.41) is 0. The van der Waals surface area contributed by atoms with E-state index in [1.165, 1.54) is 11.1 Å². The lowest BCUT2D eigenvalue weighted by atomic mass is 9.88. The maximum absolute atomic E-state index is 12.8. The SMILES string of the molecule is Cc1ccc(C(=O)C2CCN(C(=O)c3ccc(N4CCOC4=O)nc3)CC2)cc1. The molecular weight excluding hydrogens is 370 g/mol. The quantitative estimate of drug-likeness (QED) is 0.746. The van der Waals surface area contributed by atoms with Gasteiger partial charge in [-0.1, -0.05) is 29.8 Å². The molecule has 0 spiro atoms. The number of rotatable bonds is 4. The van der Waals surface area contributed by atoms with Crippen molar-refractivity contribution >= 4 is 23.6 Å². The molecule has 0 radical (unpaired) electrons. The van der Waals surface area contributed by atoms with Crippen LogP contribution < -0.4 is 4.90 Å². The third-order valence-corrected chi connectivity index (χ3v) is 5.52. The number of aryl methyl sites for hydroxylation is 1. The number of hydrogen-bond acceptors (Lipinski definition) is 5. The van der Waals surface area contributed by atoms with E-state index < -0.39 is 6.09 Å². The van der Waals surface area contributed by atoms with E-state index in [-0.39, 0.29) is 17.6 Å². The summed E-state index contributed by atoms with van der Waals surface area (Å²) in [6.45, 7) is 3.89. The average Bonchev–Trinajstić information content (AvgIpc) is 3.19. The van der Waals surface area contributed by atoms with E-state index in [0.29, 0.717) is 50.5 Å². The van der Waals surface area contributed by atoms with Gasteiger partial charge in [-0.3, -0.25) is 14.5 Å². The van der Waals surface area contributed by atoms with E-state index in [1.54, 1.807) is 17.0 Å². The molecule has 1 aromatic carbocycles. The number of nitrogens with zero attached hydrogens (tertiary/aromatic N) is 3. The van der Waals surface area contributed by atoms with Crippen molar-refractivity contribution in [3.05, 3.63) is 59.3 Å². The number of piperidine rings is 1. The molecule has 7 heteroatoms. The number of pyridine rings is 1. The molecule has 2 aliphatic heterocycles. The highest BCUT2D eigenvalue weighted by molar-refractivity contribution is 5.98. The summed E-state index contributed by atoms with van der Waals surface area (Å²) in [5.41, 5.74) is 2.34. The smallest absolute Gasteiger partial charge is 0.415 e. The van der Waals surface area contributed by atoms with E-state index in [9.17, 15) is 14.4 Å². The van der Waals surface area contributed by atoms with Gasteiger partial charge in [0.05, 0.1) is 12.1 Å². The van der Waals surface area contributed by atoms with Crippen LogP contribution in [0.5, 0.6) is 0 Å². The highest BCUT2D eigenvalue weighted by Gasteiger charge is 2.29. The number of cyclic esters (lactones) is 1. The van der Waals surface area contributed by atoms with Crippen LogP contribution in [0.1, 0.15) is 39.1 Å². The molecule has 0 atom stereocenters. The summed E-state index contributed by atoms with van der Waals surface area (Å²) in [5.74, 6) is 0.477. The van der Waals surface area contributed by atoms with E-state index in [2.05, 4.69) is 4.98 Å². The number of carbonyl (C=O) groups is 3. The minimum Gasteiger partial charge on any atom is -0.447 e. The highest BCUT2D eigenvalue weighted by atomic mass is 16.6. The average molecular weight is 393 g/mol. The zero-order valence-electron chi connectivity index (χ0n) is 16.3. The van der Waals surface area contributed by atoms with Crippen molar-refractivity contribution in [2.45, 2.75) is 19.8 Å². The van der Waals surface area contributed by atoms with Gasteiger partial charge in [-0.05, 0) is 31.9 Å². The van der Waals surface area contributed by atoms with Crippen molar-refractivity contribution in [3.8, 4) is 0 Å². The van der Waals surface area contributed by atoms with Gasteiger partial charge in [0.25, 0.3) is 5.91 Å². The Morgan fingerprint density at radius 2 is 1.69 bits per heavy atom. The minimum absolute atomic E-state index is 0.0524. The number of likely N-dealkylation sites (tertiary alicyclic amines) is 1. The van der Waals surface area contributed by atoms with Gasteiger partial charge in [0.2, 0.25) is 0 Å². The number of benzene rings is 1. The fraction of sp³-hybridized carbons (Fsp3) is 0.364. The molecule has 29 heavy (non-hydrogen) atoms. The van der Waals surface area contributed by atoms with Gasteiger partial charge in [-0.25, -0.2) is 9.78 Å². The zero-order valence-corrected chi connectivity index (χ0v) is 16.3. The Kier molecular flexibility index (Phi) is 5.29. The van der Waals surface area contributed by atoms with Gasteiger partial charge in [0.1, 0.15) is 12.4 Å². The lowest BCUT2D eigenvalue weighted by Gasteiger charge is -2.31. The van der Waals surface area contributed by atoms with Crippen molar-refractivity contribution < 1.29 is 19.1 Å². The summed E-state index contributed by atoms with van der Waals surface area (Å²) in [4.78, 5) is 44.5. The van der Waals surface area contributed by atoms with Gasteiger partial charge >= 0.3 is 6.09 Å². The molecule has 0 unspecified atom stereocenters. The summed E-state index contributed by atoms with van der Waals surface area (Å²) < 4.78 is 4.90. The number of ketones is 1. The summed E-state index contributed by atoms with van der Waals surface area (Å²) >= 11 is 0. The Morgan fingerprint density at radius 3 is 2.28 bits per heavy atom. The van der Waals surface area contributed by atoms with E-state index in [4.69, 9.17) is 4.74 Å². The molecule has 0 aliphatic carbocycles. The largest absolute Gasteiger partial charge is 0.447 e.